The van der Waals surface area contributed by atoms with Gasteiger partial charge in [0.05, 0.1) is 16.8 Å². The molecule has 4 aromatic rings. The Kier molecular flexibility index (Phi) is 5.34. The van der Waals surface area contributed by atoms with Gasteiger partial charge >= 0.3 is 0 Å². The fourth-order valence-electron chi connectivity index (χ4n) is 3.69. The van der Waals surface area contributed by atoms with Gasteiger partial charge in [-0.2, -0.15) is 0 Å². The molecule has 2 aromatic carbocycles. The van der Waals surface area contributed by atoms with E-state index in [1.165, 1.54) is 0 Å². The Morgan fingerprint density at radius 2 is 1.87 bits per heavy atom. The van der Waals surface area contributed by atoms with Gasteiger partial charge in [-0.05, 0) is 31.5 Å². The second-order valence-electron chi connectivity index (χ2n) is 7.38. The maximum absolute atomic E-state index is 12.7. The number of hydrogen-bond donors (Lipinski definition) is 1. The van der Waals surface area contributed by atoms with Gasteiger partial charge in [0, 0.05) is 30.3 Å². The van der Waals surface area contributed by atoms with Crippen LogP contribution in [-0.4, -0.2) is 36.7 Å². The number of aromatic nitrogens is 2. The number of benzene rings is 2. The number of para-hydroxylation sites is 3. The minimum atomic E-state index is -3.33. The van der Waals surface area contributed by atoms with Crippen LogP contribution in [0, 0.1) is 6.92 Å². The largest absolute Gasteiger partial charge is 0.451 e. The Morgan fingerprint density at radius 3 is 2.67 bits per heavy atom. The van der Waals surface area contributed by atoms with E-state index in [1.807, 2.05) is 31.2 Å². The van der Waals surface area contributed by atoms with Crippen molar-refractivity contribution in [2.75, 3.05) is 12.8 Å². The molecule has 4 rings (SSSR count). The summed E-state index contributed by atoms with van der Waals surface area (Å²) >= 11 is 0. The lowest BCUT2D eigenvalue weighted by molar-refractivity contribution is 0.0926. The van der Waals surface area contributed by atoms with E-state index in [9.17, 15) is 13.2 Å². The van der Waals surface area contributed by atoms with Crippen LogP contribution in [0.4, 0.5) is 0 Å². The van der Waals surface area contributed by atoms with Gasteiger partial charge in [-0.3, -0.25) is 4.79 Å². The van der Waals surface area contributed by atoms with Gasteiger partial charge in [-0.25, -0.2) is 13.4 Å². The second kappa shape index (κ2) is 7.95. The summed E-state index contributed by atoms with van der Waals surface area (Å²) < 4.78 is 31.5. The van der Waals surface area contributed by atoms with Crippen LogP contribution in [-0.2, 0) is 22.1 Å². The second-order valence-corrected chi connectivity index (χ2v) is 9.52. The average Bonchev–Trinajstić information content (AvgIpc) is 3.21. The quantitative estimate of drug-likeness (QED) is 0.458. The molecular formula is C22H23N3O4S. The Morgan fingerprint density at radius 1 is 1.13 bits per heavy atom. The minimum Gasteiger partial charge on any atom is -0.451 e. The molecule has 0 radical (unpaired) electrons. The molecule has 0 aliphatic carbocycles. The molecule has 0 atom stereocenters. The first kappa shape index (κ1) is 20.2. The molecule has 1 amide bonds. The van der Waals surface area contributed by atoms with Gasteiger partial charge in [0.1, 0.15) is 11.4 Å². The summed E-state index contributed by atoms with van der Waals surface area (Å²) in [5.41, 5.74) is 2.92. The van der Waals surface area contributed by atoms with Crippen molar-refractivity contribution in [2.24, 2.45) is 0 Å². The maximum atomic E-state index is 12.7. The van der Waals surface area contributed by atoms with Crippen molar-refractivity contribution in [3.8, 4) is 0 Å². The molecule has 0 fully saturated rings. The molecule has 7 nitrogen and oxygen atoms in total. The van der Waals surface area contributed by atoms with Gasteiger partial charge < -0.3 is 14.3 Å². The first-order valence-electron chi connectivity index (χ1n) is 9.72. The highest BCUT2D eigenvalue weighted by atomic mass is 32.2. The van der Waals surface area contributed by atoms with Crippen LogP contribution >= 0.6 is 0 Å². The van der Waals surface area contributed by atoms with Gasteiger partial charge in [0.2, 0.25) is 0 Å². The number of hydrogen-bond acceptors (Lipinski definition) is 5. The molecular weight excluding hydrogens is 402 g/mol. The third-order valence-corrected chi connectivity index (χ3v) is 5.81. The lowest BCUT2D eigenvalue weighted by Crippen LogP contribution is -2.26. The van der Waals surface area contributed by atoms with E-state index in [2.05, 4.69) is 14.9 Å². The van der Waals surface area contributed by atoms with Gasteiger partial charge in [0.25, 0.3) is 5.91 Å². The molecule has 0 bridgehead atoms. The minimum absolute atomic E-state index is 0.0610. The zero-order chi connectivity index (χ0) is 21.3. The number of nitrogens with zero attached hydrogens (tertiary/aromatic N) is 2. The lowest BCUT2D eigenvalue weighted by Gasteiger charge is -2.08. The van der Waals surface area contributed by atoms with E-state index < -0.39 is 15.7 Å². The maximum Gasteiger partial charge on any atom is 0.287 e. The lowest BCUT2D eigenvalue weighted by atomic mass is 10.1. The van der Waals surface area contributed by atoms with Crippen LogP contribution in [0.2, 0.25) is 0 Å². The molecule has 156 valence electrons. The highest BCUT2D eigenvalue weighted by Gasteiger charge is 2.23. The molecule has 0 spiro atoms. The average molecular weight is 426 g/mol. The van der Waals surface area contributed by atoms with Crippen molar-refractivity contribution in [3.05, 3.63) is 65.7 Å². The molecule has 2 aromatic heterocycles. The Bertz CT molecular complexity index is 1340. The van der Waals surface area contributed by atoms with Crippen LogP contribution in [0.25, 0.3) is 22.0 Å². The SMILES string of the molecule is Cc1nc2ccccc2n1CCCNC(=O)c1oc2ccccc2c1CS(C)(=O)=O. The third-order valence-electron chi connectivity index (χ3n) is 5.00. The molecule has 8 heteroatoms. The first-order chi connectivity index (χ1) is 14.3. The number of carbonyl (C=O) groups excluding carboxylic acids is 1. The number of carbonyl (C=O) groups is 1. The van der Waals surface area contributed by atoms with Gasteiger partial charge in [-0.1, -0.05) is 30.3 Å². The summed E-state index contributed by atoms with van der Waals surface area (Å²) in [6.45, 7) is 3.10. The highest BCUT2D eigenvalue weighted by Crippen LogP contribution is 2.27. The van der Waals surface area contributed by atoms with E-state index in [1.54, 1.807) is 24.3 Å². The Labute approximate surface area is 174 Å². The van der Waals surface area contributed by atoms with Crippen molar-refractivity contribution < 1.29 is 17.6 Å². The summed E-state index contributed by atoms with van der Waals surface area (Å²) in [6.07, 6.45) is 1.85. The van der Waals surface area contributed by atoms with Crippen molar-refractivity contribution in [1.82, 2.24) is 14.9 Å². The third kappa shape index (κ3) is 4.09. The van der Waals surface area contributed by atoms with Crippen LogP contribution < -0.4 is 5.32 Å². The van der Waals surface area contributed by atoms with Crippen LogP contribution in [0.3, 0.4) is 0 Å². The van der Waals surface area contributed by atoms with E-state index in [4.69, 9.17) is 4.42 Å². The summed E-state index contributed by atoms with van der Waals surface area (Å²) in [4.78, 5) is 17.3. The van der Waals surface area contributed by atoms with Crippen LogP contribution in [0.5, 0.6) is 0 Å². The predicted molar refractivity (Wildman–Crippen MR) is 116 cm³/mol. The molecule has 0 saturated heterocycles. The predicted octanol–water partition coefficient (Wildman–Crippen LogP) is 3.46. The number of sulfone groups is 1. The van der Waals surface area contributed by atoms with Crippen LogP contribution in [0.15, 0.2) is 52.9 Å². The van der Waals surface area contributed by atoms with E-state index in [0.29, 0.717) is 36.0 Å². The number of furan rings is 1. The molecule has 0 aliphatic heterocycles. The fraction of sp³-hybridized carbons (Fsp3) is 0.273. The molecule has 0 unspecified atom stereocenters. The fourth-order valence-corrected chi connectivity index (χ4v) is 4.50. The van der Waals surface area contributed by atoms with E-state index in [-0.39, 0.29) is 11.5 Å². The van der Waals surface area contributed by atoms with E-state index in [0.717, 1.165) is 23.1 Å². The molecule has 0 saturated carbocycles. The van der Waals surface area contributed by atoms with Crippen molar-refractivity contribution in [3.63, 3.8) is 0 Å². The number of rotatable bonds is 7. The topological polar surface area (TPSA) is 94.2 Å². The van der Waals surface area contributed by atoms with Crippen LogP contribution in [0.1, 0.15) is 28.4 Å². The molecule has 2 heterocycles. The monoisotopic (exact) mass is 425 g/mol. The van der Waals surface area contributed by atoms with Crippen molar-refractivity contribution >= 4 is 37.7 Å². The molecule has 30 heavy (non-hydrogen) atoms. The van der Waals surface area contributed by atoms with Gasteiger partial charge in [-0.15, -0.1) is 0 Å². The van der Waals surface area contributed by atoms with Crippen molar-refractivity contribution in [2.45, 2.75) is 25.6 Å². The summed E-state index contributed by atoms with van der Waals surface area (Å²) in [7, 11) is -3.33. The van der Waals surface area contributed by atoms with E-state index >= 15 is 0 Å². The first-order valence-corrected chi connectivity index (χ1v) is 11.8. The summed E-state index contributed by atoms with van der Waals surface area (Å²) in [5, 5.41) is 3.50. The van der Waals surface area contributed by atoms with Gasteiger partial charge in [0.15, 0.2) is 15.6 Å². The zero-order valence-electron chi connectivity index (χ0n) is 16.9. The number of amides is 1. The number of aryl methyl sites for hydroxylation is 2. The smallest absolute Gasteiger partial charge is 0.287 e. The Hall–Kier alpha value is -3.13. The molecule has 1 N–H and O–H groups in total. The Balaban J connectivity index is 1.47. The number of nitrogens with one attached hydrogen (secondary N) is 1. The number of imidazole rings is 1. The summed E-state index contributed by atoms with van der Waals surface area (Å²) in [6, 6.07) is 15.0. The van der Waals surface area contributed by atoms with Crippen molar-refractivity contribution in [1.29, 1.82) is 0 Å². The molecule has 0 aliphatic rings. The normalized spacial score (nSPS) is 11.9. The number of fused-ring (bicyclic) bond motifs is 2. The summed E-state index contributed by atoms with van der Waals surface area (Å²) in [5.74, 6) is 0.339. The highest BCUT2D eigenvalue weighted by molar-refractivity contribution is 7.89. The zero-order valence-corrected chi connectivity index (χ0v) is 17.7. The standard InChI is InChI=1S/C22H23N3O4S/c1-15-24-18-9-4-5-10-19(18)25(15)13-7-12-23-22(26)21-17(14-30(2,27)28)16-8-3-6-11-20(16)29-21/h3-6,8-11H,7,12-14H2,1-2H3,(H,23,26).